The van der Waals surface area contributed by atoms with Gasteiger partial charge in [0.15, 0.2) is 0 Å². The lowest BCUT2D eigenvalue weighted by molar-refractivity contribution is -0.123. The van der Waals surface area contributed by atoms with Crippen molar-refractivity contribution in [1.82, 2.24) is 5.32 Å². The van der Waals surface area contributed by atoms with Crippen LogP contribution in [0.3, 0.4) is 0 Å². The Balaban J connectivity index is 2.31. The molecule has 1 N–H and O–H groups in total. The molecule has 0 aromatic carbocycles. The van der Waals surface area contributed by atoms with E-state index in [0.29, 0.717) is 23.2 Å². The molecule has 2 rings (SSSR count). The van der Waals surface area contributed by atoms with Crippen LogP contribution >= 0.6 is 0 Å². The second-order valence-electron chi connectivity index (χ2n) is 6.81. The second-order valence-corrected chi connectivity index (χ2v) is 6.81. The van der Waals surface area contributed by atoms with Crippen LogP contribution in [0.5, 0.6) is 0 Å². The van der Waals surface area contributed by atoms with E-state index in [2.05, 4.69) is 39.9 Å². The van der Waals surface area contributed by atoms with Gasteiger partial charge in [-0.15, -0.1) is 0 Å². The topological polar surface area (TPSA) is 29.1 Å². The Hall–Kier alpha value is -0.530. The standard InChI is InChI=1S/C14H25NO/c1-8-12-7-11(13(8,4)5)9(2)14(12,6)15-10(3)16/h8-9,11-12H,7H2,1-6H3,(H,15,16)/t8-,9+,11+,12+,14-/m1/s1. The molecule has 92 valence electrons. The highest BCUT2D eigenvalue weighted by Gasteiger charge is 2.64. The van der Waals surface area contributed by atoms with E-state index < -0.39 is 0 Å². The first kappa shape index (κ1) is 11.9. The predicted octanol–water partition coefficient (Wildman–Crippen LogP) is 2.83. The summed E-state index contributed by atoms with van der Waals surface area (Å²) in [6.07, 6.45) is 1.28. The zero-order valence-corrected chi connectivity index (χ0v) is 11.4. The summed E-state index contributed by atoms with van der Waals surface area (Å²) in [5.41, 5.74) is 0.452. The third kappa shape index (κ3) is 1.28. The Morgan fingerprint density at radius 1 is 1.12 bits per heavy atom. The van der Waals surface area contributed by atoms with Gasteiger partial charge >= 0.3 is 0 Å². The molecule has 16 heavy (non-hydrogen) atoms. The minimum atomic E-state index is 0.0193. The Bertz CT molecular complexity index is 323. The molecule has 0 radical (unpaired) electrons. The van der Waals surface area contributed by atoms with E-state index >= 15 is 0 Å². The summed E-state index contributed by atoms with van der Waals surface area (Å²) in [7, 11) is 0. The number of rotatable bonds is 1. The molecule has 2 aliphatic carbocycles. The van der Waals surface area contributed by atoms with Gasteiger partial charge in [-0.2, -0.15) is 0 Å². The van der Waals surface area contributed by atoms with E-state index in [-0.39, 0.29) is 11.4 Å². The van der Waals surface area contributed by atoms with Gasteiger partial charge in [-0.1, -0.05) is 27.7 Å². The molecule has 2 heteroatoms. The zero-order valence-electron chi connectivity index (χ0n) is 11.4. The van der Waals surface area contributed by atoms with E-state index in [1.165, 1.54) is 6.42 Å². The zero-order chi connectivity index (χ0) is 12.3. The lowest BCUT2D eigenvalue weighted by Crippen LogP contribution is -2.58. The van der Waals surface area contributed by atoms with Crippen molar-refractivity contribution in [2.45, 2.75) is 53.5 Å². The van der Waals surface area contributed by atoms with Crippen molar-refractivity contribution < 1.29 is 4.79 Å². The van der Waals surface area contributed by atoms with Gasteiger partial charge in [-0.05, 0) is 42.4 Å². The van der Waals surface area contributed by atoms with Crippen LogP contribution in [0.1, 0.15) is 48.0 Å². The highest BCUT2D eigenvalue weighted by molar-refractivity contribution is 5.74. The SMILES string of the molecule is CC(=O)N[C@]1(C)[C@@H](C)[C@@H]2C[C@H]1[C@@H](C)C2(C)C. The summed E-state index contributed by atoms with van der Waals surface area (Å²) in [6, 6.07) is 0. The number of fused-ring (bicyclic) bond motifs is 2. The molecule has 5 atom stereocenters. The maximum absolute atomic E-state index is 11.4. The largest absolute Gasteiger partial charge is 0.351 e. The van der Waals surface area contributed by atoms with Crippen molar-refractivity contribution in [3.05, 3.63) is 0 Å². The minimum absolute atomic E-state index is 0.0193. The maximum Gasteiger partial charge on any atom is 0.217 e. The average molecular weight is 223 g/mol. The van der Waals surface area contributed by atoms with Gasteiger partial charge in [-0.3, -0.25) is 4.79 Å². The third-order valence-electron chi connectivity index (χ3n) is 6.01. The normalized spacial score (nSPS) is 49.4. The summed E-state index contributed by atoms with van der Waals surface area (Å²) in [6.45, 7) is 13.3. The highest BCUT2D eigenvalue weighted by Crippen LogP contribution is 2.65. The molecule has 0 spiro atoms. The molecule has 1 amide bonds. The summed E-state index contributed by atoms with van der Waals surface area (Å²) < 4.78 is 0. The molecule has 0 aromatic rings. The molecule has 2 fully saturated rings. The first-order valence-corrected chi connectivity index (χ1v) is 6.50. The molecule has 0 heterocycles. The van der Waals surface area contributed by atoms with E-state index in [0.717, 1.165) is 5.92 Å². The van der Waals surface area contributed by atoms with Gasteiger partial charge in [0.1, 0.15) is 0 Å². The molecule has 0 unspecified atom stereocenters. The molecular formula is C14H25NO. The van der Waals surface area contributed by atoms with Crippen LogP contribution in [0.25, 0.3) is 0 Å². The Kier molecular flexibility index (Phi) is 2.42. The van der Waals surface area contributed by atoms with Crippen molar-refractivity contribution in [1.29, 1.82) is 0 Å². The van der Waals surface area contributed by atoms with Crippen molar-refractivity contribution in [2.75, 3.05) is 0 Å². The Labute approximate surface area is 99.2 Å². The minimum Gasteiger partial charge on any atom is -0.351 e. The number of hydrogen-bond donors (Lipinski definition) is 1. The molecular weight excluding hydrogens is 198 g/mol. The van der Waals surface area contributed by atoms with Gasteiger partial charge in [0, 0.05) is 12.5 Å². The van der Waals surface area contributed by atoms with Gasteiger partial charge in [0.25, 0.3) is 0 Å². The third-order valence-corrected chi connectivity index (χ3v) is 6.01. The molecule has 2 aliphatic rings. The Morgan fingerprint density at radius 2 is 1.69 bits per heavy atom. The van der Waals surface area contributed by atoms with Crippen LogP contribution in [0, 0.1) is 29.1 Å². The molecule has 2 nitrogen and oxygen atoms in total. The van der Waals surface area contributed by atoms with Crippen molar-refractivity contribution in [3.8, 4) is 0 Å². The van der Waals surface area contributed by atoms with E-state index in [1.54, 1.807) is 6.92 Å². The smallest absolute Gasteiger partial charge is 0.217 e. The average Bonchev–Trinajstić information content (AvgIpc) is 2.50. The first-order chi connectivity index (χ1) is 7.21. The van der Waals surface area contributed by atoms with Crippen molar-refractivity contribution in [3.63, 3.8) is 0 Å². The summed E-state index contributed by atoms with van der Waals surface area (Å²) >= 11 is 0. The molecule has 0 saturated heterocycles. The van der Waals surface area contributed by atoms with Crippen LogP contribution < -0.4 is 5.32 Å². The monoisotopic (exact) mass is 223 g/mol. The number of carbonyl (C=O) groups is 1. The van der Waals surface area contributed by atoms with Crippen LogP contribution in [0.4, 0.5) is 0 Å². The van der Waals surface area contributed by atoms with Gasteiger partial charge < -0.3 is 5.32 Å². The van der Waals surface area contributed by atoms with Crippen LogP contribution in [0.2, 0.25) is 0 Å². The fourth-order valence-corrected chi connectivity index (χ4v) is 4.59. The van der Waals surface area contributed by atoms with E-state index in [9.17, 15) is 4.79 Å². The molecule has 0 aliphatic heterocycles. The molecule has 0 aromatic heterocycles. The van der Waals surface area contributed by atoms with Crippen LogP contribution in [-0.4, -0.2) is 11.4 Å². The quantitative estimate of drug-likeness (QED) is 0.727. The predicted molar refractivity (Wildman–Crippen MR) is 65.9 cm³/mol. The summed E-state index contributed by atoms with van der Waals surface area (Å²) in [5, 5.41) is 3.23. The van der Waals surface area contributed by atoms with Crippen LogP contribution in [-0.2, 0) is 4.79 Å². The number of hydrogen-bond acceptors (Lipinski definition) is 1. The molecule has 2 saturated carbocycles. The van der Waals surface area contributed by atoms with Gasteiger partial charge in [0.05, 0.1) is 0 Å². The fourth-order valence-electron chi connectivity index (χ4n) is 4.59. The summed E-state index contributed by atoms with van der Waals surface area (Å²) in [4.78, 5) is 11.4. The van der Waals surface area contributed by atoms with Crippen molar-refractivity contribution in [2.24, 2.45) is 29.1 Å². The van der Waals surface area contributed by atoms with Crippen LogP contribution in [0.15, 0.2) is 0 Å². The number of amides is 1. The summed E-state index contributed by atoms with van der Waals surface area (Å²) in [5.74, 6) is 2.81. The maximum atomic E-state index is 11.4. The number of nitrogens with one attached hydrogen (secondary N) is 1. The fraction of sp³-hybridized carbons (Fsp3) is 0.929. The first-order valence-electron chi connectivity index (χ1n) is 6.50. The highest BCUT2D eigenvalue weighted by atomic mass is 16.1. The van der Waals surface area contributed by atoms with Gasteiger partial charge in [0.2, 0.25) is 5.91 Å². The lowest BCUT2D eigenvalue weighted by Gasteiger charge is -2.50. The molecule has 2 bridgehead atoms. The Morgan fingerprint density at radius 3 is 2.12 bits per heavy atom. The van der Waals surface area contributed by atoms with Crippen molar-refractivity contribution >= 4 is 5.91 Å². The number of carbonyl (C=O) groups excluding carboxylic acids is 1. The lowest BCUT2D eigenvalue weighted by atomic mass is 9.59. The second kappa shape index (κ2) is 3.24. The van der Waals surface area contributed by atoms with E-state index in [4.69, 9.17) is 0 Å². The van der Waals surface area contributed by atoms with E-state index in [1.807, 2.05) is 0 Å². The van der Waals surface area contributed by atoms with Gasteiger partial charge in [-0.25, -0.2) is 0 Å².